The molecule has 6 nitrogen and oxygen atoms in total. The fourth-order valence-corrected chi connectivity index (χ4v) is 5.52. The molecule has 3 aromatic carbocycles. The Labute approximate surface area is 216 Å². The van der Waals surface area contributed by atoms with Crippen molar-refractivity contribution < 1.29 is 4.39 Å². The van der Waals surface area contributed by atoms with Crippen LogP contribution in [0.5, 0.6) is 0 Å². The molecule has 0 radical (unpaired) electrons. The minimum absolute atomic E-state index is 0.0472. The van der Waals surface area contributed by atoms with Crippen LogP contribution in [-0.4, -0.2) is 52.4 Å². The van der Waals surface area contributed by atoms with Crippen LogP contribution in [-0.2, 0) is 18.9 Å². The number of halogens is 1. The summed E-state index contributed by atoms with van der Waals surface area (Å²) in [5, 5.41) is 3.48. The van der Waals surface area contributed by atoms with Crippen LogP contribution in [0.25, 0.3) is 11.0 Å². The molecule has 1 N–H and O–H groups in total. The van der Waals surface area contributed by atoms with Crippen molar-refractivity contribution in [2.24, 2.45) is 17.0 Å². The molecule has 3 heterocycles. The van der Waals surface area contributed by atoms with E-state index in [9.17, 15) is 4.39 Å². The van der Waals surface area contributed by atoms with E-state index in [4.69, 9.17) is 9.98 Å². The van der Waals surface area contributed by atoms with Crippen LogP contribution in [0.15, 0.2) is 88.8 Å². The minimum atomic E-state index is -0.271. The second kappa shape index (κ2) is 9.81. The van der Waals surface area contributed by atoms with E-state index >= 15 is 0 Å². The van der Waals surface area contributed by atoms with E-state index in [1.165, 1.54) is 23.3 Å². The van der Waals surface area contributed by atoms with Crippen molar-refractivity contribution in [3.63, 3.8) is 0 Å². The Morgan fingerprint density at radius 3 is 2.43 bits per heavy atom. The molecule has 188 valence electrons. The molecule has 1 aromatic heterocycles. The van der Waals surface area contributed by atoms with Gasteiger partial charge < -0.3 is 14.8 Å². The maximum Gasteiger partial charge on any atom is 0.195 e. The van der Waals surface area contributed by atoms with Crippen molar-refractivity contribution in [3.05, 3.63) is 102 Å². The zero-order valence-corrected chi connectivity index (χ0v) is 21.0. The molecule has 1 fully saturated rings. The van der Waals surface area contributed by atoms with Gasteiger partial charge >= 0.3 is 0 Å². The van der Waals surface area contributed by atoms with Gasteiger partial charge in [-0.1, -0.05) is 60.7 Å². The first kappa shape index (κ1) is 23.4. The summed E-state index contributed by atoms with van der Waals surface area (Å²) in [7, 11) is 2.04. The monoisotopic (exact) mass is 494 g/mol. The molecular weight excluding hydrogens is 463 g/mol. The Bertz CT molecular complexity index is 1430. The summed E-state index contributed by atoms with van der Waals surface area (Å²) < 4.78 is 16.2. The maximum atomic E-state index is 14.0. The number of nitrogens with one attached hydrogen (secondary N) is 1. The van der Waals surface area contributed by atoms with E-state index < -0.39 is 0 Å². The summed E-state index contributed by atoms with van der Waals surface area (Å²) in [5.74, 6) is 1.64. The second-order valence-electron chi connectivity index (χ2n) is 9.89. The maximum absolute atomic E-state index is 14.0. The minimum Gasteiger partial charge on any atom is -0.343 e. The lowest BCUT2D eigenvalue weighted by molar-refractivity contribution is 0.241. The zero-order valence-electron chi connectivity index (χ0n) is 21.0. The van der Waals surface area contributed by atoms with Crippen molar-refractivity contribution >= 4 is 23.2 Å². The quantitative estimate of drug-likeness (QED) is 0.313. The predicted molar refractivity (Wildman–Crippen MR) is 147 cm³/mol. The van der Waals surface area contributed by atoms with Gasteiger partial charge in [0.2, 0.25) is 0 Å². The summed E-state index contributed by atoms with van der Waals surface area (Å²) in [6.07, 6.45) is 4.61. The Morgan fingerprint density at radius 1 is 1.03 bits per heavy atom. The highest BCUT2D eigenvalue weighted by Crippen LogP contribution is 2.42. The number of rotatable bonds is 6. The van der Waals surface area contributed by atoms with Gasteiger partial charge in [0.05, 0.1) is 16.4 Å². The summed E-state index contributed by atoms with van der Waals surface area (Å²) in [5.41, 5.74) is 3.91. The number of benzene rings is 3. The number of piperidine rings is 1. The van der Waals surface area contributed by atoms with Crippen molar-refractivity contribution in [2.75, 3.05) is 19.6 Å². The van der Waals surface area contributed by atoms with Crippen LogP contribution in [0.3, 0.4) is 0 Å². The highest BCUT2D eigenvalue weighted by atomic mass is 19.1. The van der Waals surface area contributed by atoms with Gasteiger partial charge in [-0.05, 0) is 42.5 Å². The molecule has 1 saturated heterocycles. The molecule has 0 spiro atoms. The first-order chi connectivity index (χ1) is 18.1. The van der Waals surface area contributed by atoms with Gasteiger partial charge in [-0.2, -0.15) is 0 Å². The standard InChI is InChI=1S/C30H31FN6/c1-36-26-13-12-24(31)20-25(26)34-28(36)30(23-10-6-3-7-11-23)15-18-37(19-16-30)29(35-27-21-33-27)32-17-14-22-8-4-2-5-9-22/h2-13,20-21,27H,14-19H2,1H3,(H,32,35). The van der Waals surface area contributed by atoms with E-state index in [-0.39, 0.29) is 17.4 Å². The number of fused-ring (bicyclic) bond motifs is 1. The smallest absolute Gasteiger partial charge is 0.195 e. The second-order valence-corrected chi connectivity index (χ2v) is 9.89. The summed E-state index contributed by atoms with van der Waals surface area (Å²) in [6, 6.07) is 26.0. The van der Waals surface area contributed by atoms with Gasteiger partial charge in [-0.25, -0.2) is 9.37 Å². The lowest BCUT2D eigenvalue weighted by atomic mass is 9.72. The van der Waals surface area contributed by atoms with E-state index in [1.54, 1.807) is 0 Å². The number of aromatic nitrogens is 2. The average Bonchev–Trinajstić information content (AvgIpc) is 3.70. The van der Waals surface area contributed by atoms with Crippen molar-refractivity contribution in [1.29, 1.82) is 0 Å². The molecule has 7 heteroatoms. The summed E-state index contributed by atoms with van der Waals surface area (Å²) >= 11 is 0. The van der Waals surface area contributed by atoms with E-state index in [0.717, 1.165) is 56.2 Å². The first-order valence-corrected chi connectivity index (χ1v) is 12.9. The number of likely N-dealkylation sites (tertiary alicyclic amines) is 1. The molecule has 2 aliphatic rings. The molecule has 0 saturated carbocycles. The van der Waals surface area contributed by atoms with Gasteiger partial charge in [0.1, 0.15) is 11.6 Å². The molecule has 2 aliphatic heterocycles. The molecular formula is C30H31FN6. The molecule has 1 unspecified atom stereocenters. The van der Waals surface area contributed by atoms with Gasteiger partial charge in [-0.3, -0.25) is 9.98 Å². The number of aryl methyl sites for hydroxylation is 1. The Morgan fingerprint density at radius 2 is 1.73 bits per heavy atom. The SMILES string of the molecule is Cn1c(C2(c3ccccc3)CCN(C(=NCCc3ccccc3)NC3C=N3)CC2)nc2cc(F)ccc21. The van der Waals surface area contributed by atoms with Gasteiger partial charge in [0, 0.05) is 39.0 Å². The Hall–Kier alpha value is -4.00. The number of aliphatic imine (C=N–C) groups is 2. The third-order valence-electron chi connectivity index (χ3n) is 7.59. The molecule has 1 atom stereocenters. The normalized spacial score (nSPS) is 18.8. The Balaban J connectivity index is 1.28. The highest BCUT2D eigenvalue weighted by molar-refractivity contribution is 5.88. The highest BCUT2D eigenvalue weighted by Gasteiger charge is 2.42. The van der Waals surface area contributed by atoms with Gasteiger partial charge in [0.25, 0.3) is 0 Å². The number of hydrogen-bond acceptors (Lipinski definition) is 3. The fraction of sp³-hybridized carbons (Fsp3) is 0.300. The van der Waals surface area contributed by atoms with E-state index in [2.05, 4.69) is 68.3 Å². The largest absolute Gasteiger partial charge is 0.343 e. The fourth-order valence-electron chi connectivity index (χ4n) is 5.52. The molecule has 0 amide bonds. The number of guanidine groups is 1. The van der Waals surface area contributed by atoms with Gasteiger partial charge in [-0.15, -0.1) is 0 Å². The molecule has 0 aliphatic carbocycles. The molecule has 0 bridgehead atoms. The average molecular weight is 495 g/mol. The van der Waals surface area contributed by atoms with Gasteiger partial charge in [0.15, 0.2) is 12.1 Å². The van der Waals surface area contributed by atoms with Crippen LogP contribution in [0.2, 0.25) is 0 Å². The third kappa shape index (κ3) is 4.73. The first-order valence-electron chi connectivity index (χ1n) is 12.9. The van der Waals surface area contributed by atoms with Crippen molar-refractivity contribution in [2.45, 2.75) is 30.8 Å². The van der Waals surface area contributed by atoms with Crippen LogP contribution >= 0.6 is 0 Å². The van der Waals surface area contributed by atoms with Crippen molar-refractivity contribution in [3.8, 4) is 0 Å². The number of hydrogen-bond donors (Lipinski definition) is 1. The zero-order chi connectivity index (χ0) is 25.2. The van der Waals surface area contributed by atoms with Crippen LogP contribution in [0.4, 0.5) is 4.39 Å². The summed E-state index contributed by atoms with van der Waals surface area (Å²) in [4.78, 5) is 16.6. The lowest BCUT2D eigenvalue weighted by Crippen LogP contribution is -2.51. The number of imidazole rings is 1. The van der Waals surface area contributed by atoms with Crippen LogP contribution in [0.1, 0.15) is 29.8 Å². The van der Waals surface area contributed by atoms with E-state index in [0.29, 0.717) is 5.52 Å². The molecule has 6 rings (SSSR count). The predicted octanol–water partition coefficient (Wildman–Crippen LogP) is 4.69. The molecule has 37 heavy (non-hydrogen) atoms. The lowest BCUT2D eigenvalue weighted by Gasteiger charge is -2.42. The topological polar surface area (TPSA) is 57.8 Å². The summed E-state index contributed by atoms with van der Waals surface area (Å²) in [6.45, 7) is 2.38. The van der Waals surface area contributed by atoms with Crippen LogP contribution < -0.4 is 5.32 Å². The van der Waals surface area contributed by atoms with Crippen molar-refractivity contribution in [1.82, 2.24) is 19.8 Å². The Kier molecular flexibility index (Phi) is 6.20. The van der Waals surface area contributed by atoms with E-state index in [1.807, 2.05) is 31.5 Å². The number of nitrogens with zero attached hydrogens (tertiary/aromatic N) is 5. The van der Waals surface area contributed by atoms with Crippen LogP contribution in [0, 0.1) is 5.82 Å². The third-order valence-corrected chi connectivity index (χ3v) is 7.59. The molecule has 4 aromatic rings.